The molecule has 0 aliphatic rings. The number of nitro groups is 1. The molecule has 1 amide bonds. The molecule has 0 aliphatic heterocycles. The molecule has 0 fully saturated rings. The second-order valence-corrected chi connectivity index (χ2v) is 4.47. The van der Waals surface area contributed by atoms with E-state index in [1.54, 1.807) is 18.4 Å². The van der Waals surface area contributed by atoms with Crippen molar-refractivity contribution in [2.45, 2.75) is 19.4 Å². The zero-order valence-electron chi connectivity index (χ0n) is 10.9. The lowest BCUT2D eigenvalue weighted by Gasteiger charge is -2.12. The summed E-state index contributed by atoms with van der Waals surface area (Å²) in [7, 11) is 0. The summed E-state index contributed by atoms with van der Waals surface area (Å²) in [4.78, 5) is 22.1. The van der Waals surface area contributed by atoms with Crippen LogP contribution in [0.3, 0.4) is 0 Å². The summed E-state index contributed by atoms with van der Waals surface area (Å²) in [6.07, 6.45) is 2.14. The van der Waals surface area contributed by atoms with Crippen molar-refractivity contribution in [3.05, 3.63) is 64.1 Å². The van der Waals surface area contributed by atoms with E-state index in [-0.39, 0.29) is 23.2 Å². The largest absolute Gasteiger partial charge is 0.469 e. The maximum atomic E-state index is 12.0. The molecule has 1 unspecified atom stereocenters. The van der Waals surface area contributed by atoms with Crippen LogP contribution in [0.5, 0.6) is 0 Å². The van der Waals surface area contributed by atoms with Crippen LogP contribution in [0.1, 0.15) is 23.0 Å². The Morgan fingerprint density at radius 3 is 2.85 bits per heavy atom. The summed E-state index contributed by atoms with van der Waals surface area (Å²) in [5.74, 6) is 0.435. The van der Waals surface area contributed by atoms with Crippen LogP contribution >= 0.6 is 0 Å². The molecule has 20 heavy (non-hydrogen) atoms. The topological polar surface area (TPSA) is 85.4 Å². The molecule has 0 saturated heterocycles. The number of carbonyl (C=O) groups excluding carboxylic acids is 1. The predicted molar refractivity (Wildman–Crippen MR) is 72.4 cm³/mol. The summed E-state index contributed by atoms with van der Waals surface area (Å²) in [5.41, 5.74) is 0.168. The van der Waals surface area contributed by atoms with Crippen LogP contribution in [-0.2, 0) is 6.42 Å². The van der Waals surface area contributed by atoms with Gasteiger partial charge in [-0.05, 0) is 25.1 Å². The van der Waals surface area contributed by atoms with Crippen molar-refractivity contribution in [1.82, 2.24) is 5.32 Å². The van der Waals surface area contributed by atoms with E-state index in [4.69, 9.17) is 4.42 Å². The maximum absolute atomic E-state index is 12.0. The first-order valence-electron chi connectivity index (χ1n) is 6.14. The normalized spacial score (nSPS) is 11.8. The Balaban J connectivity index is 2.00. The van der Waals surface area contributed by atoms with Crippen LogP contribution in [-0.4, -0.2) is 16.9 Å². The van der Waals surface area contributed by atoms with Gasteiger partial charge < -0.3 is 9.73 Å². The number of amides is 1. The molecule has 0 spiro atoms. The van der Waals surface area contributed by atoms with E-state index < -0.39 is 4.92 Å². The van der Waals surface area contributed by atoms with E-state index in [9.17, 15) is 14.9 Å². The molecular formula is C14H14N2O4. The van der Waals surface area contributed by atoms with Crippen LogP contribution in [0, 0.1) is 10.1 Å². The number of non-ortho nitro benzene ring substituents is 1. The first-order valence-corrected chi connectivity index (χ1v) is 6.14. The van der Waals surface area contributed by atoms with Crippen molar-refractivity contribution < 1.29 is 14.1 Å². The summed E-state index contributed by atoms with van der Waals surface area (Å²) in [6, 6.07) is 9.12. The van der Waals surface area contributed by atoms with Crippen LogP contribution in [0.4, 0.5) is 5.69 Å². The summed E-state index contributed by atoms with van der Waals surface area (Å²) in [5, 5.41) is 13.5. The highest BCUT2D eigenvalue weighted by Crippen LogP contribution is 2.13. The minimum atomic E-state index is -0.525. The Hall–Kier alpha value is -2.63. The van der Waals surface area contributed by atoms with E-state index in [0.29, 0.717) is 6.42 Å². The van der Waals surface area contributed by atoms with Crippen molar-refractivity contribution in [1.29, 1.82) is 0 Å². The lowest BCUT2D eigenvalue weighted by atomic mass is 10.1. The summed E-state index contributed by atoms with van der Waals surface area (Å²) >= 11 is 0. The highest BCUT2D eigenvalue weighted by molar-refractivity contribution is 5.94. The van der Waals surface area contributed by atoms with Crippen LogP contribution in [0.15, 0.2) is 47.1 Å². The third-order valence-corrected chi connectivity index (χ3v) is 2.78. The monoisotopic (exact) mass is 274 g/mol. The maximum Gasteiger partial charge on any atom is 0.270 e. The highest BCUT2D eigenvalue weighted by atomic mass is 16.6. The minimum Gasteiger partial charge on any atom is -0.469 e. The van der Waals surface area contributed by atoms with Crippen molar-refractivity contribution in [2.75, 3.05) is 0 Å². The molecule has 2 aromatic rings. The van der Waals surface area contributed by atoms with Gasteiger partial charge in [0.2, 0.25) is 0 Å². The Kier molecular flexibility index (Phi) is 4.14. The number of carbonyl (C=O) groups is 1. The van der Waals surface area contributed by atoms with Crippen molar-refractivity contribution in [2.24, 2.45) is 0 Å². The Bertz CT molecular complexity index is 607. The van der Waals surface area contributed by atoms with Gasteiger partial charge in [-0.25, -0.2) is 0 Å². The van der Waals surface area contributed by atoms with Gasteiger partial charge >= 0.3 is 0 Å². The van der Waals surface area contributed by atoms with E-state index in [0.717, 1.165) is 5.76 Å². The number of nitro benzene ring substituents is 1. The summed E-state index contributed by atoms with van der Waals surface area (Å²) < 4.78 is 5.20. The van der Waals surface area contributed by atoms with Gasteiger partial charge in [-0.1, -0.05) is 6.07 Å². The zero-order chi connectivity index (χ0) is 14.5. The van der Waals surface area contributed by atoms with E-state index in [1.165, 1.54) is 18.2 Å². The molecule has 104 valence electrons. The zero-order valence-corrected chi connectivity index (χ0v) is 10.9. The number of nitrogens with one attached hydrogen (secondary N) is 1. The van der Waals surface area contributed by atoms with Crippen LogP contribution < -0.4 is 5.32 Å². The Morgan fingerprint density at radius 1 is 1.40 bits per heavy atom. The smallest absolute Gasteiger partial charge is 0.270 e. The molecular weight excluding hydrogens is 260 g/mol. The lowest BCUT2D eigenvalue weighted by molar-refractivity contribution is -0.384. The molecule has 2 rings (SSSR count). The van der Waals surface area contributed by atoms with Gasteiger partial charge in [0, 0.05) is 30.2 Å². The molecule has 6 nitrogen and oxygen atoms in total. The molecule has 0 saturated carbocycles. The third-order valence-electron chi connectivity index (χ3n) is 2.78. The van der Waals surface area contributed by atoms with E-state index >= 15 is 0 Å². The average Bonchev–Trinajstić information content (AvgIpc) is 2.91. The standard InChI is InChI=1S/C14H14N2O4/c1-10(8-13-6-3-7-20-13)15-14(17)11-4-2-5-12(9-11)16(18)19/h2-7,9-10H,8H2,1H3,(H,15,17). The highest BCUT2D eigenvalue weighted by Gasteiger charge is 2.14. The molecule has 1 N–H and O–H groups in total. The fourth-order valence-electron chi connectivity index (χ4n) is 1.85. The third kappa shape index (κ3) is 3.44. The molecule has 1 atom stereocenters. The summed E-state index contributed by atoms with van der Waals surface area (Å²) in [6.45, 7) is 1.85. The van der Waals surface area contributed by atoms with Gasteiger partial charge in [0.15, 0.2) is 0 Å². The number of hydrogen-bond donors (Lipinski definition) is 1. The van der Waals surface area contributed by atoms with Crippen LogP contribution in [0.25, 0.3) is 0 Å². The van der Waals surface area contributed by atoms with Gasteiger partial charge in [0.05, 0.1) is 11.2 Å². The number of furan rings is 1. The van der Waals surface area contributed by atoms with E-state index in [1.807, 2.05) is 13.0 Å². The molecule has 6 heteroatoms. The molecule has 0 radical (unpaired) electrons. The minimum absolute atomic E-state index is 0.101. The predicted octanol–water partition coefficient (Wildman–Crippen LogP) is 2.55. The van der Waals surface area contributed by atoms with Gasteiger partial charge in [0.25, 0.3) is 11.6 Å². The first kappa shape index (κ1) is 13.8. The molecule has 1 aromatic heterocycles. The van der Waals surface area contributed by atoms with Crippen LogP contribution in [0.2, 0.25) is 0 Å². The number of benzene rings is 1. The van der Waals surface area contributed by atoms with Gasteiger partial charge in [0.1, 0.15) is 5.76 Å². The average molecular weight is 274 g/mol. The fraction of sp³-hybridized carbons (Fsp3) is 0.214. The molecule has 1 heterocycles. The SMILES string of the molecule is CC(Cc1ccco1)NC(=O)c1cccc([N+](=O)[O-])c1. The second-order valence-electron chi connectivity index (χ2n) is 4.47. The molecule has 1 aromatic carbocycles. The van der Waals surface area contributed by atoms with Gasteiger partial charge in [-0.15, -0.1) is 0 Å². The quantitative estimate of drug-likeness (QED) is 0.670. The van der Waals surface area contributed by atoms with Crippen molar-refractivity contribution >= 4 is 11.6 Å². The van der Waals surface area contributed by atoms with Crippen molar-refractivity contribution in [3.63, 3.8) is 0 Å². The number of hydrogen-bond acceptors (Lipinski definition) is 4. The lowest BCUT2D eigenvalue weighted by Crippen LogP contribution is -2.34. The number of rotatable bonds is 5. The second kappa shape index (κ2) is 6.01. The first-order chi connectivity index (χ1) is 9.56. The van der Waals surface area contributed by atoms with Crippen molar-refractivity contribution in [3.8, 4) is 0 Å². The van der Waals surface area contributed by atoms with E-state index in [2.05, 4.69) is 5.32 Å². The fourth-order valence-corrected chi connectivity index (χ4v) is 1.85. The Labute approximate surface area is 115 Å². The van der Waals surface area contributed by atoms with Gasteiger partial charge in [-0.2, -0.15) is 0 Å². The molecule has 0 aliphatic carbocycles. The number of nitrogens with zero attached hydrogens (tertiary/aromatic N) is 1. The molecule has 0 bridgehead atoms. The Morgan fingerprint density at radius 2 is 2.20 bits per heavy atom. The van der Waals surface area contributed by atoms with Gasteiger partial charge in [-0.3, -0.25) is 14.9 Å².